The summed E-state index contributed by atoms with van der Waals surface area (Å²) in [7, 11) is 0. The zero-order chi connectivity index (χ0) is 18.2. The van der Waals surface area contributed by atoms with E-state index < -0.39 is 52.8 Å². The predicted octanol–water partition coefficient (Wildman–Crippen LogP) is 4.75. The van der Waals surface area contributed by atoms with Crippen molar-refractivity contribution >= 4 is 12.4 Å². The van der Waals surface area contributed by atoms with Crippen LogP contribution in [-0.2, 0) is 0 Å². The van der Waals surface area contributed by atoms with Crippen molar-refractivity contribution in [2.24, 2.45) is 5.73 Å². The molecule has 25 heavy (non-hydrogen) atoms. The average molecular weight is 394 g/mol. The Morgan fingerprint density at radius 2 is 1.16 bits per heavy atom. The van der Waals surface area contributed by atoms with Crippen molar-refractivity contribution in [3.05, 3.63) is 64.5 Å². The first-order valence-electron chi connectivity index (χ1n) is 6.15. The number of hydrogen-bond donors (Lipinski definition) is 1. The highest BCUT2D eigenvalue weighted by molar-refractivity contribution is 5.85. The van der Waals surface area contributed by atoms with Gasteiger partial charge in [-0.25, -0.2) is 22.0 Å². The summed E-state index contributed by atoms with van der Waals surface area (Å²) in [5, 5.41) is 0. The first-order valence-corrected chi connectivity index (χ1v) is 6.15. The second-order valence-electron chi connectivity index (χ2n) is 4.58. The number of benzene rings is 2. The quantitative estimate of drug-likeness (QED) is 0.464. The zero-order valence-corrected chi connectivity index (χ0v) is 12.6. The summed E-state index contributed by atoms with van der Waals surface area (Å²) in [4.78, 5) is 0. The first kappa shape index (κ1) is 21.0. The van der Waals surface area contributed by atoms with Crippen LogP contribution >= 0.6 is 12.4 Å². The maximum Gasteiger partial charge on any atom is 0.573 e. The van der Waals surface area contributed by atoms with Crippen LogP contribution in [0.1, 0.15) is 17.2 Å². The molecule has 138 valence electrons. The topological polar surface area (TPSA) is 35.2 Å². The molecule has 0 unspecified atom stereocenters. The van der Waals surface area contributed by atoms with E-state index in [-0.39, 0.29) is 18.0 Å². The van der Waals surface area contributed by atoms with Gasteiger partial charge >= 0.3 is 6.36 Å². The van der Waals surface area contributed by atoms with E-state index in [4.69, 9.17) is 5.73 Å². The molecule has 0 aliphatic rings. The Morgan fingerprint density at radius 3 is 1.56 bits per heavy atom. The lowest BCUT2D eigenvalue weighted by Gasteiger charge is -2.16. The second-order valence-corrected chi connectivity index (χ2v) is 4.58. The second kappa shape index (κ2) is 7.44. The summed E-state index contributed by atoms with van der Waals surface area (Å²) >= 11 is 0. The largest absolute Gasteiger partial charge is 0.573 e. The molecule has 1 atom stereocenters. The molecule has 0 radical (unpaired) electrons. The molecule has 0 bridgehead atoms. The summed E-state index contributed by atoms with van der Waals surface area (Å²) in [6, 6.07) is 1.59. The van der Waals surface area contributed by atoms with Crippen molar-refractivity contribution in [3.8, 4) is 5.75 Å². The smallest absolute Gasteiger partial charge is 0.406 e. The molecule has 2 aromatic carbocycles. The van der Waals surface area contributed by atoms with Crippen LogP contribution in [0.4, 0.5) is 35.1 Å². The number of hydrogen-bond acceptors (Lipinski definition) is 2. The molecule has 0 aliphatic carbocycles. The van der Waals surface area contributed by atoms with E-state index in [1.165, 1.54) is 0 Å². The summed E-state index contributed by atoms with van der Waals surface area (Å²) in [5.74, 6) is -11.6. The monoisotopic (exact) mass is 393 g/mol. The molecular formula is C14H8ClF8NO. The highest BCUT2D eigenvalue weighted by atomic mass is 35.5. The van der Waals surface area contributed by atoms with Crippen molar-refractivity contribution in [2.75, 3.05) is 0 Å². The lowest BCUT2D eigenvalue weighted by molar-refractivity contribution is -0.274. The van der Waals surface area contributed by atoms with Crippen LogP contribution in [0.3, 0.4) is 0 Å². The fourth-order valence-corrected chi connectivity index (χ4v) is 1.94. The van der Waals surface area contributed by atoms with Crippen molar-refractivity contribution in [1.82, 2.24) is 0 Å². The lowest BCUT2D eigenvalue weighted by Crippen LogP contribution is -2.19. The normalized spacial score (nSPS) is 12.5. The molecule has 0 fully saturated rings. The van der Waals surface area contributed by atoms with Gasteiger partial charge in [-0.05, 0) is 17.7 Å². The van der Waals surface area contributed by atoms with Gasteiger partial charge in [-0.15, -0.1) is 25.6 Å². The van der Waals surface area contributed by atoms with E-state index in [0.29, 0.717) is 0 Å². The molecule has 0 aliphatic heterocycles. The molecule has 0 amide bonds. The van der Waals surface area contributed by atoms with Gasteiger partial charge in [0.15, 0.2) is 23.3 Å². The fourth-order valence-electron chi connectivity index (χ4n) is 1.94. The molecule has 2 N–H and O–H groups in total. The van der Waals surface area contributed by atoms with Crippen molar-refractivity contribution < 1.29 is 39.9 Å². The molecule has 0 spiro atoms. The van der Waals surface area contributed by atoms with Gasteiger partial charge in [0.1, 0.15) is 5.75 Å². The minimum atomic E-state index is -4.95. The maximum absolute atomic E-state index is 13.7. The van der Waals surface area contributed by atoms with E-state index in [1.54, 1.807) is 0 Å². The van der Waals surface area contributed by atoms with Gasteiger partial charge in [0.25, 0.3) is 0 Å². The first-order chi connectivity index (χ1) is 11.0. The van der Waals surface area contributed by atoms with Gasteiger partial charge in [-0.1, -0.05) is 12.1 Å². The van der Waals surface area contributed by atoms with E-state index in [2.05, 4.69) is 4.74 Å². The molecule has 2 nitrogen and oxygen atoms in total. The maximum atomic E-state index is 13.7. The standard InChI is InChI=1S/C14H7F8NO.ClH/c15-8-7(9(16)11(18)12(19)10(8)17)13(23)5-1-3-6(4-2-5)24-14(20,21)22;/h1-4,13H,23H2;1H/t13-;/m0./s1. The molecule has 0 heterocycles. The van der Waals surface area contributed by atoms with Crippen LogP contribution in [-0.4, -0.2) is 6.36 Å². The van der Waals surface area contributed by atoms with Crippen LogP contribution in [0.5, 0.6) is 5.75 Å². The number of nitrogens with two attached hydrogens (primary N) is 1. The number of ether oxygens (including phenoxy) is 1. The Balaban J connectivity index is 0.00000312. The summed E-state index contributed by atoms with van der Waals surface area (Å²) < 4.78 is 106. The van der Waals surface area contributed by atoms with Crippen LogP contribution in [0, 0.1) is 29.1 Å². The van der Waals surface area contributed by atoms with E-state index in [0.717, 1.165) is 24.3 Å². The molecule has 0 aromatic heterocycles. The van der Waals surface area contributed by atoms with Crippen LogP contribution in [0.15, 0.2) is 24.3 Å². The van der Waals surface area contributed by atoms with Gasteiger partial charge in [-0.2, -0.15) is 0 Å². The van der Waals surface area contributed by atoms with E-state index in [9.17, 15) is 35.1 Å². The Hall–Kier alpha value is -2.07. The Labute approximate surface area is 141 Å². The minimum absolute atomic E-state index is 0. The third-order valence-electron chi connectivity index (χ3n) is 3.03. The Bertz CT molecular complexity index is 734. The Morgan fingerprint density at radius 1 is 0.760 bits per heavy atom. The van der Waals surface area contributed by atoms with Gasteiger partial charge in [-0.3, -0.25) is 0 Å². The van der Waals surface area contributed by atoms with Gasteiger partial charge in [0, 0.05) is 0 Å². The van der Waals surface area contributed by atoms with Crippen LogP contribution in [0.2, 0.25) is 0 Å². The highest BCUT2D eigenvalue weighted by Gasteiger charge is 2.32. The highest BCUT2D eigenvalue weighted by Crippen LogP contribution is 2.31. The minimum Gasteiger partial charge on any atom is -0.406 e. The molecule has 11 heteroatoms. The molecule has 2 rings (SSSR count). The van der Waals surface area contributed by atoms with Gasteiger partial charge < -0.3 is 10.5 Å². The van der Waals surface area contributed by atoms with E-state index >= 15 is 0 Å². The SMILES string of the molecule is Cl.N[C@@H](c1ccc(OC(F)(F)F)cc1)c1c(F)c(F)c(F)c(F)c1F. The molecule has 0 saturated heterocycles. The van der Waals surface area contributed by atoms with Crippen molar-refractivity contribution in [1.29, 1.82) is 0 Å². The van der Waals surface area contributed by atoms with Gasteiger partial charge in [0.05, 0.1) is 11.6 Å². The number of rotatable bonds is 3. The Kier molecular flexibility index (Phi) is 6.24. The summed E-state index contributed by atoms with van der Waals surface area (Å²) in [6.45, 7) is 0. The lowest BCUT2D eigenvalue weighted by atomic mass is 9.98. The molecule has 2 aromatic rings. The summed E-state index contributed by atoms with van der Waals surface area (Å²) in [6.07, 6.45) is -4.95. The van der Waals surface area contributed by atoms with Crippen molar-refractivity contribution in [3.63, 3.8) is 0 Å². The van der Waals surface area contributed by atoms with E-state index in [1.807, 2.05) is 0 Å². The number of alkyl halides is 3. The summed E-state index contributed by atoms with van der Waals surface area (Å²) in [5.41, 5.74) is 4.00. The molecule has 0 saturated carbocycles. The fraction of sp³-hybridized carbons (Fsp3) is 0.143. The van der Waals surface area contributed by atoms with Crippen LogP contribution < -0.4 is 10.5 Å². The average Bonchev–Trinajstić information content (AvgIpc) is 2.50. The van der Waals surface area contributed by atoms with Crippen LogP contribution in [0.25, 0.3) is 0 Å². The van der Waals surface area contributed by atoms with Gasteiger partial charge in [0.2, 0.25) is 5.82 Å². The third kappa shape index (κ3) is 4.31. The third-order valence-corrected chi connectivity index (χ3v) is 3.03. The zero-order valence-electron chi connectivity index (χ0n) is 11.8. The molecular weight excluding hydrogens is 386 g/mol. The number of halogens is 9. The predicted molar refractivity (Wildman–Crippen MR) is 72.6 cm³/mol. The van der Waals surface area contributed by atoms with Crippen molar-refractivity contribution in [2.45, 2.75) is 12.4 Å².